The van der Waals surface area contributed by atoms with E-state index in [0.29, 0.717) is 18.0 Å². The smallest absolute Gasteiger partial charge is 0.161 e. The quantitative estimate of drug-likeness (QED) is 0.658. The Morgan fingerprint density at radius 2 is 2.04 bits per heavy atom. The molecule has 0 aliphatic heterocycles. The van der Waals surface area contributed by atoms with Crippen molar-refractivity contribution in [3.63, 3.8) is 0 Å². The topological polar surface area (TPSA) is 68.0 Å². The van der Waals surface area contributed by atoms with Gasteiger partial charge in [0.2, 0.25) is 0 Å². The molecule has 0 radical (unpaired) electrons. The summed E-state index contributed by atoms with van der Waals surface area (Å²) in [5, 5.41) is 12.3. The number of hydrogen-bond acceptors (Lipinski definition) is 5. The van der Waals surface area contributed by atoms with Crippen molar-refractivity contribution in [1.82, 2.24) is 14.7 Å². The molecule has 2 aromatic heterocycles. The third kappa shape index (κ3) is 4.10. The predicted octanol–water partition coefficient (Wildman–Crippen LogP) is 2.31. The van der Waals surface area contributed by atoms with Gasteiger partial charge in [-0.3, -0.25) is 0 Å². The second-order valence-electron chi connectivity index (χ2n) is 5.84. The summed E-state index contributed by atoms with van der Waals surface area (Å²) >= 11 is 0. The van der Waals surface area contributed by atoms with Crippen molar-refractivity contribution in [2.75, 3.05) is 20.3 Å². The molecule has 0 saturated heterocycles. The van der Waals surface area contributed by atoms with Gasteiger partial charge in [-0.1, -0.05) is 6.07 Å². The average molecular weight is 341 g/mol. The Hall–Kier alpha value is -2.57. The lowest BCUT2D eigenvalue weighted by molar-refractivity contribution is 0.196. The number of aliphatic hydroxyl groups excluding tert-OH is 1. The number of rotatable bonds is 8. The minimum atomic E-state index is -0.0225. The lowest BCUT2D eigenvalue weighted by Crippen LogP contribution is -2.14. The largest absolute Gasteiger partial charge is 0.493 e. The third-order valence-electron chi connectivity index (χ3n) is 3.96. The SMILES string of the molecule is COc1cc(CNCc2cnc3cc(C)ccn23)ccc1OCCO. The molecule has 3 aromatic rings. The van der Waals surface area contributed by atoms with E-state index >= 15 is 0 Å². The molecule has 1 aromatic carbocycles. The molecular formula is C19H23N3O3. The maximum atomic E-state index is 8.86. The average Bonchev–Trinajstić information content (AvgIpc) is 3.02. The zero-order valence-electron chi connectivity index (χ0n) is 14.5. The van der Waals surface area contributed by atoms with E-state index < -0.39 is 0 Å². The molecule has 25 heavy (non-hydrogen) atoms. The van der Waals surface area contributed by atoms with E-state index in [1.165, 1.54) is 5.56 Å². The fraction of sp³-hybridized carbons (Fsp3) is 0.316. The van der Waals surface area contributed by atoms with Crippen LogP contribution < -0.4 is 14.8 Å². The van der Waals surface area contributed by atoms with E-state index in [0.717, 1.165) is 23.4 Å². The number of nitrogens with one attached hydrogen (secondary N) is 1. The highest BCUT2D eigenvalue weighted by atomic mass is 16.5. The highest BCUT2D eigenvalue weighted by Crippen LogP contribution is 2.28. The van der Waals surface area contributed by atoms with Crippen LogP contribution in [0, 0.1) is 6.92 Å². The number of pyridine rings is 1. The Morgan fingerprint density at radius 1 is 1.16 bits per heavy atom. The molecule has 6 nitrogen and oxygen atoms in total. The van der Waals surface area contributed by atoms with Gasteiger partial charge >= 0.3 is 0 Å². The van der Waals surface area contributed by atoms with Gasteiger partial charge in [0.1, 0.15) is 12.3 Å². The second kappa shape index (κ2) is 8.00. The minimum Gasteiger partial charge on any atom is -0.493 e. The number of aromatic nitrogens is 2. The summed E-state index contributed by atoms with van der Waals surface area (Å²) in [7, 11) is 1.61. The Balaban J connectivity index is 1.63. The summed E-state index contributed by atoms with van der Waals surface area (Å²) in [6.07, 6.45) is 3.94. The Kier molecular flexibility index (Phi) is 5.53. The fourth-order valence-corrected chi connectivity index (χ4v) is 2.70. The van der Waals surface area contributed by atoms with Crippen LogP contribution in [-0.4, -0.2) is 34.8 Å². The molecule has 0 spiro atoms. The number of benzene rings is 1. The van der Waals surface area contributed by atoms with Crippen LogP contribution in [0.3, 0.4) is 0 Å². The van der Waals surface area contributed by atoms with Gasteiger partial charge in [0, 0.05) is 19.3 Å². The fourth-order valence-electron chi connectivity index (χ4n) is 2.70. The van der Waals surface area contributed by atoms with Crippen LogP contribution >= 0.6 is 0 Å². The monoisotopic (exact) mass is 341 g/mol. The predicted molar refractivity (Wildman–Crippen MR) is 96.0 cm³/mol. The number of methoxy groups -OCH3 is 1. The molecule has 0 aliphatic rings. The van der Waals surface area contributed by atoms with Crippen LogP contribution in [0.4, 0.5) is 0 Å². The Bertz CT molecular complexity index is 845. The van der Waals surface area contributed by atoms with Gasteiger partial charge in [-0.25, -0.2) is 4.98 Å². The van der Waals surface area contributed by atoms with E-state index in [9.17, 15) is 0 Å². The molecule has 3 rings (SSSR count). The van der Waals surface area contributed by atoms with Gasteiger partial charge in [0.15, 0.2) is 11.5 Å². The third-order valence-corrected chi connectivity index (χ3v) is 3.96. The number of ether oxygens (including phenoxy) is 2. The van der Waals surface area contributed by atoms with Gasteiger partial charge in [0.25, 0.3) is 0 Å². The van der Waals surface area contributed by atoms with E-state index in [1.54, 1.807) is 7.11 Å². The normalized spacial score (nSPS) is 11.0. The van der Waals surface area contributed by atoms with Crippen LogP contribution in [-0.2, 0) is 13.1 Å². The molecule has 0 amide bonds. The van der Waals surface area contributed by atoms with E-state index in [1.807, 2.05) is 30.6 Å². The van der Waals surface area contributed by atoms with Crippen molar-refractivity contribution in [3.8, 4) is 11.5 Å². The van der Waals surface area contributed by atoms with E-state index in [-0.39, 0.29) is 13.2 Å². The Morgan fingerprint density at radius 3 is 2.84 bits per heavy atom. The molecule has 2 N–H and O–H groups in total. The first kappa shape index (κ1) is 17.3. The Labute approximate surface area is 147 Å². The maximum Gasteiger partial charge on any atom is 0.161 e. The molecule has 0 bridgehead atoms. The van der Waals surface area contributed by atoms with Crippen LogP contribution in [0.2, 0.25) is 0 Å². The first-order valence-electron chi connectivity index (χ1n) is 8.25. The van der Waals surface area contributed by atoms with Crippen LogP contribution in [0.1, 0.15) is 16.8 Å². The standard InChI is InChI=1S/C19H23N3O3/c1-14-5-6-22-16(13-21-19(22)9-14)12-20-11-15-3-4-17(25-8-7-23)18(10-15)24-2/h3-6,9-10,13,20,23H,7-8,11-12H2,1-2H3. The molecule has 132 valence electrons. The van der Waals surface area contributed by atoms with Gasteiger partial charge in [-0.15, -0.1) is 0 Å². The molecule has 0 unspecified atom stereocenters. The van der Waals surface area contributed by atoms with Crippen LogP contribution in [0.5, 0.6) is 11.5 Å². The molecule has 0 saturated carbocycles. The molecule has 0 atom stereocenters. The van der Waals surface area contributed by atoms with Crippen LogP contribution in [0.25, 0.3) is 5.65 Å². The van der Waals surface area contributed by atoms with Crippen molar-refractivity contribution in [2.45, 2.75) is 20.0 Å². The number of aryl methyl sites for hydroxylation is 1. The molecular weight excluding hydrogens is 318 g/mol. The van der Waals surface area contributed by atoms with Crippen molar-refractivity contribution in [3.05, 3.63) is 59.5 Å². The van der Waals surface area contributed by atoms with Crippen molar-refractivity contribution < 1.29 is 14.6 Å². The summed E-state index contributed by atoms with van der Waals surface area (Å²) in [6, 6.07) is 9.94. The minimum absolute atomic E-state index is 0.0225. The summed E-state index contributed by atoms with van der Waals surface area (Å²) in [5.41, 5.74) is 4.37. The lowest BCUT2D eigenvalue weighted by atomic mass is 10.2. The number of aliphatic hydroxyl groups is 1. The number of fused-ring (bicyclic) bond motifs is 1. The number of nitrogens with zero attached hydrogens (tertiary/aromatic N) is 2. The summed E-state index contributed by atoms with van der Waals surface area (Å²) in [4.78, 5) is 4.44. The number of hydrogen-bond donors (Lipinski definition) is 2. The van der Waals surface area contributed by atoms with Crippen molar-refractivity contribution in [2.24, 2.45) is 0 Å². The molecule has 0 aliphatic carbocycles. The van der Waals surface area contributed by atoms with Gasteiger partial charge in [-0.2, -0.15) is 0 Å². The first-order valence-corrected chi connectivity index (χ1v) is 8.25. The van der Waals surface area contributed by atoms with E-state index in [2.05, 4.69) is 33.8 Å². The van der Waals surface area contributed by atoms with Crippen molar-refractivity contribution >= 4 is 5.65 Å². The van der Waals surface area contributed by atoms with E-state index in [4.69, 9.17) is 14.6 Å². The number of imidazole rings is 1. The summed E-state index contributed by atoms with van der Waals surface area (Å²) in [5.74, 6) is 1.30. The summed E-state index contributed by atoms with van der Waals surface area (Å²) in [6.45, 7) is 3.71. The highest BCUT2D eigenvalue weighted by molar-refractivity contribution is 5.44. The van der Waals surface area contributed by atoms with Gasteiger partial charge in [0.05, 0.1) is 25.6 Å². The zero-order valence-corrected chi connectivity index (χ0v) is 14.5. The van der Waals surface area contributed by atoms with Gasteiger partial charge in [-0.05, 0) is 42.3 Å². The highest BCUT2D eigenvalue weighted by Gasteiger charge is 2.07. The van der Waals surface area contributed by atoms with Crippen LogP contribution in [0.15, 0.2) is 42.7 Å². The molecule has 0 fully saturated rings. The molecule has 2 heterocycles. The van der Waals surface area contributed by atoms with Crippen molar-refractivity contribution in [1.29, 1.82) is 0 Å². The second-order valence-corrected chi connectivity index (χ2v) is 5.84. The lowest BCUT2D eigenvalue weighted by Gasteiger charge is -2.12. The van der Waals surface area contributed by atoms with Gasteiger partial charge < -0.3 is 24.3 Å². The molecule has 6 heteroatoms. The summed E-state index contributed by atoms with van der Waals surface area (Å²) < 4.78 is 12.9. The first-order chi connectivity index (χ1) is 12.2. The maximum absolute atomic E-state index is 8.86. The zero-order chi connectivity index (χ0) is 17.6.